The van der Waals surface area contributed by atoms with Gasteiger partial charge in [0, 0.05) is 0 Å². The van der Waals surface area contributed by atoms with E-state index in [9.17, 15) is 0 Å². The van der Waals surface area contributed by atoms with Gasteiger partial charge in [-0.05, 0) is 24.7 Å². The Morgan fingerprint density at radius 2 is 1.73 bits per heavy atom. The highest BCUT2D eigenvalue weighted by molar-refractivity contribution is 4.75. The van der Waals surface area contributed by atoms with Crippen molar-refractivity contribution < 1.29 is 0 Å². The van der Waals surface area contributed by atoms with Crippen molar-refractivity contribution in [3.8, 4) is 0 Å². The van der Waals surface area contributed by atoms with E-state index in [1.165, 1.54) is 25.7 Å². The third-order valence-corrected chi connectivity index (χ3v) is 2.38. The summed E-state index contributed by atoms with van der Waals surface area (Å²) in [6.07, 6.45) is 5.32. The van der Waals surface area contributed by atoms with E-state index in [1.807, 2.05) is 0 Å². The van der Waals surface area contributed by atoms with Crippen molar-refractivity contribution in [1.82, 2.24) is 0 Å². The van der Waals surface area contributed by atoms with Crippen LogP contribution in [0.1, 0.15) is 53.4 Å². The zero-order valence-electron chi connectivity index (χ0n) is 8.61. The molecule has 0 aliphatic rings. The van der Waals surface area contributed by atoms with Crippen molar-refractivity contribution in [3.05, 3.63) is 6.92 Å². The molecule has 0 bridgehead atoms. The Kier molecular flexibility index (Phi) is 4.79. The van der Waals surface area contributed by atoms with Crippen LogP contribution in [0.25, 0.3) is 0 Å². The lowest BCUT2D eigenvalue weighted by Gasteiger charge is -2.26. The maximum absolute atomic E-state index is 4.18. The Morgan fingerprint density at radius 3 is 2.09 bits per heavy atom. The zero-order valence-corrected chi connectivity index (χ0v) is 8.61. The molecule has 0 heteroatoms. The molecule has 0 aliphatic carbocycles. The Bertz CT molecular complexity index is 86.7. The topological polar surface area (TPSA) is 0 Å². The van der Waals surface area contributed by atoms with Crippen molar-refractivity contribution in [2.75, 3.05) is 0 Å². The van der Waals surface area contributed by atoms with Crippen molar-refractivity contribution in [2.24, 2.45) is 11.3 Å². The van der Waals surface area contributed by atoms with Gasteiger partial charge < -0.3 is 0 Å². The first kappa shape index (κ1) is 11.0. The van der Waals surface area contributed by atoms with Crippen LogP contribution in [0.2, 0.25) is 0 Å². The number of hydrogen-bond donors (Lipinski definition) is 0. The molecule has 1 unspecified atom stereocenters. The molecule has 0 nitrogen and oxygen atoms in total. The Labute approximate surface area is 72.4 Å². The second-order valence-electron chi connectivity index (χ2n) is 4.56. The summed E-state index contributed by atoms with van der Waals surface area (Å²) in [7, 11) is 0. The highest BCUT2D eigenvalue weighted by Gasteiger charge is 2.18. The quantitative estimate of drug-likeness (QED) is 0.537. The van der Waals surface area contributed by atoms with E-state index in [4.69, 9.17) is 0 Å². The van der Waals surface area contributed by atoms with Gasteiger partial charge in [0.2, 0.25) is 0 Å². The molecule has 0 aromatic rings. The van der Waals surface area contributed by atoms with Gasteiger partial charge >= 0.3 is 0 Å². The average molecular weight is 155 g/mol. The fraction of sp³-hybridized carbons (Fsp3) is 0.909. The minimum atomic E-state index is 0.397. The molecule has 1 atom stereocenters. The van der Waals surface area contributed by atoms with Gasteiger partial charge in [-0.1, -0.05) is 47.0 Å². The van der Waals surface area contributed by atoms with Crippen LogP contribution in [0.15, 0.2) is 0 Å². The van der Waals surface area contributed by atoms with Gasteiger partial charge in [-0.3, -0.25) is 0 Å². The summed E-state index contributed by atoms with van der Waals surface area (Å²) in [6.45, 7) is 13.2. The summed E-state index contributed by atoms with van der Waals surface area (Å²) in [5, 5.41) is 0. The fourth-order valence-electron chi connectivity index (χ4n) is 1.07. The van der Waals surface area contributed by atoms with Crippen LogP contribution in [0, 0.1) is 18.3 Å². The Hall–Kier alpha value is 0. The van der Waals surface area contributed by atoms with E-state index in [1.54, 1.807) is 0 Å². The molecule has 0 rings (SSSR count). The van der Waals surface area contributed by atoms with Crippen LogP contribution in [0.3, 0.4) is 0 Å². The molecule has 0 amide bonds. The first-order valence-corrected chi connectivity index (χ1v) is 4.81. The summed E-state index contributed by atoms with van der Waals surface area (Å²) < 4.78 is 0. The first-order chi connectivity index (χ1) is 4.98. The summed E-state index contributed by atoms with van der Waals surface area (Å²) >= 11 is 0. The van der Waals surface area contributed by atoms with Gasteiger partial charge in [0.25, 0.3) is 0 Å². The minimum Gasteiger partial charge on any atom is -0.0654 e. The summed E-state index contributed by atoms with van der Waals surface area (Å²) in [5.41, 5.74) is 0.397. The van der Waals surface area contributed by atoms with E-state index >= 15 is 0 Å². The number of rotatable bonds is 4. The molecule has 0 heterocycles. The van der Waals surface area contributed by atoms with Gasteiger partial charge in [-0.15, -0.1) is 0 Å². The maximum atomic E-state index is 4.18. The van der Waals surface area contributed by atoms with Gasteiger partial charge in [-0.2, -0.15) is 0 Å². The molecule has 0 aromatic carbocycles. The molecule has 0 aliphatic heterocycles. The van der Waals surface area contributed by atoms with E-state index in [0.29, 0.717) is 11.3 Å². The van der Waals surface area contributed by atoms with Gasteiger partial charge in [0.1, 0.15) is 0 Å². The Balaban J connectivity index is 3.44. The lowest BCUT2D eigenvalue weighted by molar-refractivity contribution is 0.269. The van der Waals surface area contributed by atoms with Crippen molar-refractivity contribution in [2.45, 2.75) is 53.4 Å². The normalized spacial score (nSPS) is 15.0. The molecule has 0 aromatic heterocycles. The van der Waals surface area contributed by atoms with E-state index in [-0.39, 0.29) is 0 Å². The second-order valence-corrected chi connectivity index (χ2v) is 4.56. The zero-order chi connectivity index (χ0) is 8.91. The van der Waals surface area contributed by atoms with Crippen LogP contribution in [-0.2, 0) is 0 Å². The van der Waals surface area contributed by atoms with Crippen LogP contribution in [-0.4, -0.2) is 0 Å². The second kappa shape index (κ2) is 4.79. The standard InChI is InChI=1S/C11H23/c1-6-7-8-9-10(2)11(3,4)5/h10H,2,6-9H2,1,3-5H3. The third kappa shape index (κ3) is 5.29. The molecule has 11 heavy (non-hydrogen) atoms. The van der Waals surface area contributed by atoms with Crippen LogP contribution >= 0.6 is 0 Å². The third-order valence-electron chi connectivity index (χ3n) is 2.38. The van der Waals surface area contributed by atoms with E-state index < -0.39 is 0 Å². The molecule has 1 radical (unpaired) electrons. The largest absolute Gasteiger partial charge is 0.0654 e. The predicted octanol–water partition coefficient (Wildman–Crippen LogP) is 4.06. The highest BCUT2D eigenvalue weighted by Crippen LogP contribution is 2.29. The van der Waals surface area contributed by atoms with Crippen molar-refractivity contribution in [1.29, 1.82) is 0 Å². The number of hydrogen-bond acceptors (Lipinski definition) is 0. The van der Waals surface area contributed by atoms with Gasteiger partial charge in [0.15, 0.2) is 0 Å². The smallest absolute Gasteiger partial charge is 0.0354 e. The monoisotopic (exact) mass is 155 g/mol. The lowest BCUT2D eigenvalue weighted by Crippen LogP contribution is -2.17. The molecular weight excluding hydrogens is 132 g/mol. The SMILES string of the molecule is [CH2]C(CCCCC)C(C)(C)C. The average Bonchev–Trinajstić information content (AvgIpc) is 1.86. The molecular formula is C11H23. The van der Waals surface area contributed by atoms with E-state index in [0.717, 1.165) is 0 Å². The van der Waals surface area contributed by atoms with Gasteiger partial charge in [-0.25, -0.2) is 0 Å². The molecule has 0 saturated carbocycles. The molecule has 0 saturated heterocycles. The fourth-order valence-corrected chi connectivity index (χ4v) is 1.07. The predicted molar refractivity (Wildman–Crippen MR) is 52.4 cm³/mol. The van der Waals surface area contributed by atoms with Crippen molar-refractivity contribution in [3.63, 3.8) is 0 Å². The summed E-state index contributed by atoms with van der Waals surface area (Å²) in [5.74, 6) is 0.619. The number of unbranched alkanes of at least 4 members (excludes halogenated alkanes) is 2. The Morgan fingerprint density at radius 1 is 1.18 bits per heavy atom. The summed E-state index contributed by atoms with van der Waals surface area (Å²) in [6, 6.07) is 0. The highest BCUT2D eigenvalue weighted by atomic mass is 14.2. The van der Waals surface area contributed by atoms with Crippen molar-refractivity contribution >= 4 is 0 Å². The molecule has 0 fully saturated rings. The van der Waals surface area contributed by atoms with Crippen LogP contribution < -0.4 is 0 Å². The maximum Gasteiger partial charge on any atom is -0.0354 e. The summed E-state index contributed by atoms with van der Waals surface area (Å²) in [4.78, 5) is 0. The molecule has 0 N–H and O–H groups in total. The van der Waals surface area contributed by atoms with Crippen LogP contribution in [0.4, 0.5) is 0 Å². The van der Waals surface area contributed by atoms with Crippen LogP contribution in [0.5, 0.6) is 0 Å². The lowest BCUT2D eigenvalue weighted by atomic mass is 9.79. The first-order valence-electron chi connectivity index (χ1n) is 4.81. The molecule has 0 spiro atoms. The molecule has 67 valence electrons. The van der Waals surface area contributed by atoms with E-state index in [2.05, 4.69) is 34.6 Å². The van der Waals surface area contributed by atoms with Gasteiger partial charge in [0.05, 0.1) is 0 Å². The minimum absolute atomic E-state index is 0.397.